The van der Waals surface area contributed by atoms with Crippen LogP contribution in [0.15, 0.2) is 24.3 Å². The van der Waals surface area contributed by atoms with Crippen molar-refractivity contribution in [2.24, 2.45) is 5.92 Å². The van der Waals surface area contributed by atoms with Gasteiger partial charge in [0.1, 0.15) is 5.75 Å². The molecule has 23 heavy (non-hydrogen) atoms. The van der Waals surface area contributed by atoms with E-state index >= 15 is 0 Å². The molecule has 5 heteroatoms. The first kappa shape index (κ1) is 15.8. The molecule has 1 aromatic carbocycles. The quantitative estimate of drug-likeness (QED) is 0.849. The van der Waals surface area contributed by atoms with E-state index in [1.165, 1.54) is 0 Å². The number of fused-ring (bicyclic) bond motifs is 4. The Kier molecular flexibility index (Phi) is 4.55. The van der Waals surface area contributed by atoms with Crippen LogP contribution in [0.4, 0.5) is 0 Å². The minimum Gasteiger partial charge on any atom is -0.496 e. The summed E-state index contributed by atoms with van der Waals surface area (Å²) in [5.41, 5.74) is 1.05. The van der Waals surface area contributed by atoms with Crippen LogP contribution < -0.4 is 4.74 Å². The van der Waals surface area contributed by atoms with Crippen LogP contribution in [0.1, 0.15) is 24.8 Å². The van der Waals surface area contributed by atoms with Gasteiger partial charge in [-0.2, -0.15) is 0 Å². The highest BCUT2D eigenvalue weighted by molar-refractivity contribution is 5.83. The predicted octanol–water partition coefficient (Wildman–Crippen LogP) is 1.71. The first-order chi connectivity index (χ1) is 11.1. The van der Waals surface area contributed by atoms with Crippen molar-refractivity contribution in [3.05, 3.63) is 29.8 Å². The van der Waals surface area contributed by atoms with E-state index in [-0.39, 0.29) is 23.8 Å². The number of carbonyl (C=O) groups is 2. The van der Waals surface area contributed by atoms with Crippen molar-refractivity contribution in [3.8, 4) is 5.75 Å². The molecule has 1 aromatic rings. The summed E-state index contributed by atoms with van der Waals surface area (Å²) >= 11 is 0. The second kappa shape index (κ2) is 6.60. The summed E-state index contributed by atoms with van der Waals surface area (Å²) in [5, 5.41) is 0. The summed E-state index contributed by atoms with van der Waals surface area (Å²) in [6, 6.07) is 7.98. The zero-order valence-corrected chi connectivity index (χ0v) is 13.8. The van der Waals surface area contributed by atoms with Gasteiger partial charge in [-0.25, -0.2) is 0 Å². The summed E-state index contributed by atoms with van der Waals surface area (Å²) in [6.07, 6.45) is 3.03. The van der Waals surface area contributed by atoms with Gasteiger partial charge in [0.15, 0.2) is 0 Å². The van der Waals surface area contributed by atoms with Gasteiger partial charge in [-0.15, -0.1) is 0 Å². The average molecular weight is 316 g/mol. The Bertz CT molecular complexity index is 602. The monoisotopic (exact) mass is 316 g/mol. The van der Waals surface area contributed by atoms with Crippen molar-refractivity contribution in [1.82, 2.24) is 9.80 Å². The number of para-hydroxylation sites is 1. The average Bonchev–Trinajstić information content (AvgIpc) is 2.86. The molecule has 0 N–H and O–H groups in total. The van der Waals surface area contributed by atoms with E-state index < -0.39 is 0 Å². The lowest BCUT2D eigenvalue weighted by Gasteiger charge is -2.32. The van der Waals surface area contributed by atoms with Crippen LogP contribution in [-0.4, -0.2) is 54.9 Å². The Morgan fingerprint density at radius 3 is 2.83 bits per heavy atom. The number of aryl methyl sites for hydroxylation is 1. The molecule has 0 spiro atoms. The van der Waals surface area contributed by atoms with Crippen molar-refractivity contribution in [3.63, 3.8) is 0 Å². The van der Waals surface area contributed by atoms with Crippen LogP contribution in [0, 0.1) is 5.92 Å². The number of hydrogen-bond acceptors (Lipinski definition) is 3. The molecule has 3 fully saturated rings. The predicted molar refractivity (Wildman–Crippen MR) is 87.2 cm³/mol. The molecule has 5 nitrogen and oxygen atoms in total. The third-order valence-electron chi connectivity index (χ3n) is 5.12. The molecule has 2 atom stereocenters. The molecular weight excluding hydrogens is 292 g/mol. The molecule has 0 radical (unpaired) electrons. The molecule has 0 aromatic heterocycles. The number of benzene rings is 1. The van der Waals surface area contributed by atoms with Gasteiger partial charge in [0, 0.05) is 32.6 Å². The number of ether oxygens (including phenoxy) is 1. The Morgan fingerprint density at radius 2 is 2.04 bits per heavy atom. The molecule has 4 rings (SSSR count). The Balaban J connectivity index is 1.64. The Morgan fingerprint density at radius 1 is 1.26 bits per heavy atom. The number of carbonyl (C=O) groups excluding carboxylic acids is 2. The fourth-order valence-electron chi connectivity index (χ4n) is 3.67. The largest absolute Gasteiger partial charge is 0.496 e. The van der Waals surface area contributed by atoms with Gasteiger partial charge in [0.25, 0.3) is 0 Å². The lowest BCUT2D eigenvalue weighted by molar-refractivity contribution is -0.138. The highest BCUT2D eigenvalue weighted by atomic mass is 16.5. The van der Waals surface area contributed by atoms with Gasteiger partial charge in [0.05, 0.1) is 13.0 Å². The summed E-state index contributed by atoms with van der Waals surface area (Å²) in [7, 11) is 3.51. The maximum absolute atomic E-state index is 12.6. The van der Waals surface area contributed by atoms with Gasteiger partial charge in [-0.1, -0.05) is 18.2 Å². The molecule has 0 unspecified atom stereocenters. The van der Waals surface area contributed by atoms with Crippen molar-refractivity contribution in [2.45, 2.75) is 31.7 Å². The number of likely N-dealkylation sites (N-methyl/N-ethyl adjacent to an activating group) is 1. The van der Waals surface area contributed by atoms with Crippen molar-refractivity contribution in [2.75, 3.05) is 27.2 Å². The lowest BCUT2D eigenvalue weighted by Crippen LogP contribution is -2.45. The number of amides is 2. The van der Waals surface area contributed by atoms with Crippen molar-refractivity contribution >= 4 is 11.8 Å². The highest BCUT2D eigenvalue weighted by Gasteiger charge is 2.39. The summed E-state index contributed by atoms with van der Waals surface area (Å²) < 4.78 is 5.34. The molecule has 3 saturated heterocycles. The Hall–Kier alpha value is -2.04. The van der Waals surface area contributed by atoms with Crippen LogP contribution in [0.3, 0.4) is 0 Å². The smallest absolute Gasteiger partial charge is 0.227 e. The molecule has 124 valence electrons. The first-order valence-corrected chi connectivity index (χ1v) is 8.26. The van der Waals surface area contributed by atoms with Crippen LogP contribution >= 0.6 is 0 Å². The topological polar surface area (TPSA) is 49.9 Å². The van der Waals surface area contributed by atoms with Crippen molar-refractivity contribution < 1.29 is 14.3 Å². The molecule has 2 amide bonds. The third kappa shape index (κ3) is 3.19. The van der Waals surface area contributed by atoms with E-state index in [4.69, 9.17) is 4.74 Å². The van der Waals surface area contributed by atoms with Crippen LogP contribution in [0.25, 0.3) is 0 Å². The van der Waals surface area contributed by atoms with E-state index in [0.717, 1.165) is 24.2 Å². The van der Waals surface area contributed by atoms with Crippen molar-refractivity contribution in [1.29, 1.82) is 0 Å². The minimum atomic E-state index is -0.0195. The molecule has 3 heterocycles. The Labute approximate surface area is 137 Å². The molecule has 3 aliphatic heterocycles. The molecule has 2 bridgehead atoms. The van der Waals surface area contributed by atoms with Gasteiger partial charge in [-0.05, 0) is 30.9 Å². The number of piperidine rings is 1. The van der Waals surface area contributed by atoms with Crippen LogP contribution in [0.5, 0.6) is 5.75 Å². The highest BCUT2D eigenvalue weighted by Crippen LogP contribution is 2.28. The normalized spacial score (nSPS) is 23.8. The number of hydrogen-bond donors (Lipinski definition) is 0. The molecular formula is C18H24N2O3. The maximum atomic E-state index is 12.6. The van der Waals surface area contributed by atoms with Crippen LogP contribution in [-0.2, 0) is 16.0 Å². The van der Waals surface area contributed by atoms with E-state index in [9.17, 15) is 9.59 Å². The minimum absolute atomic E-state index is 0.0195. The van der Waals surface area contributed by atoms with Gasteiger partial charge in [-0.3, -0.25) is 9.59 Å². The van der Waals surface area contributed by atoms with E-state index in [1.807, 2.05) is 41.1 Å². The SMILES string of the molecule is COc1ccccc1CCC(=O)N1C[C@H]2CC[C@@H](C1)N(C)C2=O. The summed E-state index contributed by atoms with van der Waals surface area (Å²) in [4.78, 5) is 28.5. The molecule has 0 saturated carbocycles. The fraction of sp³-hybridized carbons (Fsp3) is 0.556. The van der Waals surface area contributed by atoms with E-state index in [1.54, 1.807) is 7.11 Å². The zero-order chi connectivity index (χ0) is 16.4. The fourth-order valence-corrected chi connectivity index (χ4v) is 3.67. The second-order valence-electron chi connectivity index (χ2n) is 6.49. The summed E-state index contributed by atoms with van der Waals surface area (Å²) in [6.45, 7) is 1.24. The molecule has 3 aliphatic rings. The summed E-state index contributed by atoms with van der Waals surface area (Å²) in [5.74, 6) is 1.14. The zero-order valence-electron chi connectivity index (χ0n) is 13.8. The van der Waals surface area contributed by atoms with E-state index in [2.05, 4.69) is 0 Å². The number of nitrogens with zero attached hydrogens (tertiary/aromatic N) is 2. The maximum Gasteiger partial charge on any atom is 0.227 e. The number of rotatable bonds is 4. The van der Waals surface area contributed by atoms with Gasteiger partial charge >= 0.3 is 0 Å². The third-order valence-corrected chi connectivity index (χ3v) is 5.12. The molecule has 0 aliphatic carbocycles. The number of methoxy groups -OCH3 is 1. The van der Waals surface area contributed by atoms with Gasteiger partial charge in [0.2, 0.25) is 11.8 Å². The van der Waals surface area contributed by atoms with Crippen LogP contribution in [0.2, 0.25) is 0 Å². The standard InChI is InChI=1S/C18H24N2O3/c1-19-15-9-7-14(18(19)22)11-20(12-15)17(21)10-8-13-5-3-4-6-16(13)23-2/h3-6,14-15H,7-12H2,1-2H3/t14-,15+/m1/s1. The first-order valence-electron chi connectivity index (χ1n) is 8.26. The lowest BCUT2D eigenvalue weighted by atomic mass is 9.95. The van der Waals surface area contributed by atoms with Gasteiger partial charge < -0.3 is 14.5 Å². The second-order valence-corrected chi connectivity index (χ2v) is 6.49. The van der Waals surface area contributed by atoms with E-state index in [0.29, 0.717) is 25.9 Å².